The van der Waals surface area contributed by atoms with Crippen molar-refractivity contribution in [2.45, 2.75) is 0 Å². The Hall–Kier alpha value is -3.04. The van der Waals surface area contributed by atoms with Gasteiger partial charge in [0.05, 0.1) is 11.1 Å². The summed E-state index contributed by atoms with van der Waals surface area (Å²) in [4.78, 5) is 0. The molecule has 0 spiro atoms. The number of allylic oxidation sites excluding steroid dienone is 5. The normalized spacial score (nSPS) is 13.9. The molecule has 28 heavy (non-hydrogen) atoms. The first-order valence-electron chi connectivity index (χ1n) is 7.15. The lowest BCUT2D eigenvalue weighted by Crippen LogP contribution is -2.09. The lowest BCUT2D eigenvalue weighted by atomic mass is 9.92. The number of halogens is 10. The number of benzene rings is 2. The summed E-state index contributed by atoms with van der Waals surface area (Å²) in [5.41, 5.74) is -5.73. The Morgan fingerprint density at radius 1 is 0.429 bits per heavy atom. The molecular formula is C18H4F10. The molecule has 0 unspecified atom stereocenters. The monoisotopic (exact) mass is 410 g/mol. The molecule has 0 saturated heterocycles. The van der Waals surface area contributed by atoms with Crippen LogP contribution < -0.4 is 0 Å². The predicted octanol–water partition coefficient (Wildman–Crippen LogP) is 6.11. The second-order valence-corrected chi connectivity index (χ2v) is 5.54. The van der Waals surface area contributed by atoms with E-state index in [1.54, 1.807) is 0 Å². The van der Waals surface area contributed by atoms with Crippen LogP contribution in [0.2, 0.25) is 0 Å². The van der Waals surface area contributed by atoms with Crippen LogP contribution in [0.25, 0.3) is 11.1 Å². The van der Waals surface area contributed by atoms with Crippen molar-refractivity contribution in [2.24, 2.45) is 0 Å². The lowest BCUT2D eigenvalue weighted by molar-refractivity contribution is 0.375. The van der Waals surface area contributed by atoms with Crippen LogP contribution in [-0.2, 0) is 0 Å². The van der Waals surface area contributed by atoms with E-state index in [1.807, 2.05) is 0 Å². The summed E-state index contributed by atoms with van der Waals surface area (Å²) >= 11 is 0. The highest BCUT2D eigenvalue weighted by Gasteiger charge is 2.34. The van der Waals surface area contributed by atoms with Crippen LogP contribution in [0.5, 0.6) is 0 Å². The smallest absolute Gasteiger partial charge is 0.200 e. The fourth-order valence-electron chi connectivity index (χ4n) is 2.69. The van der Waals surface area contributed by atoms with Gasteiger partial charge < -0.3 is 0 Å². The van der Waals surface area contributed by atoms with E-state index in [0.717, 1.165) is 6.08 Å². The summed E-state index contributed by atoms with van der Waals surface area (Å²) in [6, 6.07) is 0. The standard InChI is InChI=1S/C18H4F10/c1-4-2-3-5(7-9(19)13(23)17(27)14(24)10(7)20)6(4)8-11(21)15(25)18(28)16(26)12(8)22/h2-3H,1H2. The molecule has 1 aliphatic carbocycles. The molecule has 0 atom stereocenters. The van der Waals surface area contributed by atoms with E-state index in [2.05, 4.69) is 6.58 Å². The molecule has 3 rings (SSSR count). The van der Waals surface area contributed by atoms with Gasteiger partial charge in [-0.3, -0.25) is 0 Å². The van der Waals surface area contributed by atoms with E-state index in [-0.39, 0.29) is 0 Å². The Bertz CT molecular complexity index is 995. The van der Waals surface area contributed by atoms with E-state index in [0.29, 0.717) is 6.08 Å². The van der Waals surface area contributed by atoms with Gasteiger partial charge in [0.1, 0.15) is 0 Å². The van der Waals surface area contributed by atoms with Gasteiger partial charge in [-0.2, -0.15) is 0 Å². The van der Waals surface area contributed by atoms with E-state index in [9.17, 15) is 43.9 Å². The molecule has 2 aromatic rings. The Morgan fingerprint density at radius 3 is 1.14 bits per heavy atom. The largest absolute Gasteiger partial charge is 0.203 e. The van der Waals surface area contributed by atoms with Crippen molar-refractivity contribution in [2.75, 3.05) is 0 Å². The highest BCUT2D eigenvalue weighted by molar-refractivity contribution is 6.07. The van der Waals surface area contributed by atoms with E-state index in [1.165, 1.54) is 0 Å². The molecule has 0 nitrogen and oxygen atoms in total. The first kappa shape index (κ1) is 19.7. The Labute approximate surface area is 149 Å². The van der Waals surface area contributed by atoms with Crippen molar-refractivity contribution >= 4 is 11.1 Å². The summed E-state index contributed by atoms with van der Waals surface area (Å²) in [6.45, 7) is 3.25. The summed E-state index contributed by atoms with van der Waals surface area (Å²) in [6.07, 6.45) is 1.52. The van der Waals surface area contributed by atoms with E-state index in [4.69, 9.17) is 0 Å². The maximum atomic E-state index is 14.1. The molecule has 0 aliphatic heterocycles. The minimum Gasteiger partial charge on any atom is -0.203 e. The fourth-order valence-corrected chi connectivity index (χ4v) is 2.69. The molecule has 0 bridgehead atoms. The van der Waals surface area contributed by atoms with Crippen molar-refractivity contribution in [3.8, 4) is 0 Å². The summed E-state index contributed by atoms with van der Waals surface area (Å²) in [7, 11) is 0. The Balaban J connectivity index is 2.48. The SMILES string of the molecule is C=C1C=CC(c2c(F)c(F)c(F)c(F)c2F)=C1c1c(F)c(F)c(F)c(F)c1F. The predicted molar refractivity (Wildman–Crippen MR) is 77.6 cm³/mol. The van der Waals surface area contributed by atoms with Crippen molar-refractivity contribution in [3.05, 3.63) is 93.6 Å². The quantitative estimate of drug-likeness (QED) is 0.318. The average Bonchev–Trinajstić information content (AvgIpc) is 3.03. The van der Waals surface area contributed by atoms with Crippen LogP contribution in [-0.4, -0.2) is 0 Å². The molecule has 0 radical (unpaired) electrons. The van der Waals surface area contributed by atoms with Crippen molar-refractivity contribution in [3.63, 3.8) is 0 Å². The number of hydrogen-bond donors (Lipinski definition) is 0. The molecule has 146 valence electrons. The van der Waals surface area contributed by atoms with Crippen molar-refractivity contribution in [1.82, 2.24) is 0 Å². The van der Waals surface area contributed by atoms with Gasteiger partial charge in [0, 0.05) is 5.57 Å². The summed E-state index contributed by atoms with van der Waals surface area (Å²) in [5.74, 6) is -23.9. The molecule has 0 heterocycles. The van der Waals surface area contributed by atoms with Crippen LogP contribution in [0, 0.1) is 58.2 Å². The second kappa shape index (κ2) is 6.54. The Morgan fingerprint density at radius 2 is 0.750 bits per heavy atom. The zero-order chi connectivity index (χ0) is 21.1. The van der Waals surface area contributed by atoms with Gasteiger partial charge in [-0.25, -0.2) is 43.9 Å². The molecule has 0 N–H and O–H groups in total. The molecule has 2 aromatic carbocycles. The minimum absolute atomic E-state index is 0.484. The van der Waals surface area contributed by atoms with Gasteiger partial charge in [-0.05, 0) is 11.1 Å². The maximum Gasteiger partial charge on any atom is 0.200 e. The average molecular weight is 410 g/mol. The van der Waals surface area contributed by atoms with Gasteiger partial charge >= 0.3 is 0 Å². The van der Waals surface area contributed by atoms with Gasteiger partial charge in [0.2, 0.25) is 11.6 Å². The van der Waals surface area contributed by atoms with Gasteiger partial charge in [-0.15, -0.1) is 0 Å². The Kier molecular flexibility index (Phi) is 4.60. The van der Waals surface area contributed by atoms with Crippen molar-refractivity contribution < 1.29 is 43.9 Å². The van der Waals surface area contributed by atoms with Gasteiger partial charge in [-0.1, -0.05) is 18.7 Å². The molecule has 0 amide bonds. The second-order valence-electron chi connectivity index (χ2n) is 5.54. The number of rotatable bonds is 2. The van der Waals surface area contributed by atoms with Crippen LogP contribution in [0.4, 0.5) is 43.9 Å². The first-order chi connectivity index (χ1) is 13.0. The van der Waals surface area contributed by atoms with Gasteiger partial charge in [0.15, 0.2) is 46.5 Å². The highest BCUT2D eigenvalue weighted by atomic mass is 19.2. The van der Waals surface area contributed by atoms with Crippen LogP contribution in [0.15, 0.2) is 24.3 Å². The highest BCUT2D eigenvalue weighted by Crippen LogP contribution is 2.43. The van der Waals surface area contributed by atoms with Crippen LogP contribution in [0.1, 0.15) is 11.1 Å². The molecule has 0 saturated carbocycles. The molecule has 0 fully saturated rings. The molecular weight excluding hydrogens is 406 g/mol. The molecule has 10 heteroatoms. The van der Waals surface area contributed by atoms with Gasteiger partial charge in [0.25, 0.3) is 0 Å². The third-order valence-corrected chi connectivity index (χ3v) is 3.98. The maximum absolute atomic E-state index is 14.1. The summed E-state index contributed by atoms with van der Waals surface area (Å²) < 4.78 is 137. The minimum atomic E-state index is -2.49. The zero-order valence-corrected chi connectivity index (χ0v) is 13.1. The molecule has 0 aromatic heterocycles. The first-order valence-corrected chi connectivity index (χ1v) is 7.15. The topological polar surface area (TPSA) is 0 Å². The van der Waals surface area contributed by atoms with Crippen molar-refractivity contribution in [1.29, 1.82) is 0 Å². The number of hydrogen-bond acceptors (Lipinski definition) is 0. The van der Waals surface area contributed by atoms with Crippen LogP contribution in [0.3, 0.4) is 0 Å². The summed E-state index contributed by atoms with van der Waals surface area (Å²) in [5, 5.41) is 0. The third-order valence-electron chi connectivity index (χ3n) is 3.98. The lowest BCUT2D eigenvalue weighted by Gasteiger charge is -2.14. The molecule has 1 aliphatic rings. The van der Waals surface area contributed by atoms with E-state index < -0.39 is 86.0 Å². The van der Waals surface area contributed by atoms with E-state index >= 15 is 0 Å². The third kappa shape index (κ3) is 2.54. The van der Waals surface area contributed by atoms with Crippen LogP contribution >= 0.6 is 0 Å². The fraction of sp³-hybridized carbons (Fsp3) is 0. The zero-order valence-electron chi connectivity index (χ0n) is 13.1.